The van der Waals surface area contributed by atoms with Crippen molar-refractivity contribution >= 4 is 0 Å². The van der Waals surface area contributed by atoms with Gasteiger partial charge in [0.05, 0.1) is 19.2 Å². The van der Waals surface area contributed by atoms with Crippen molar-refractivity contribution in [3.05, 3.63) is 28.3 Å². The third-order valence-corrected chi connectivity index (χ3v) is 1.96. The predicted molar refractivity (Wildman–Crippen MR) is 53.4 cm³/mol. The molecule has 14 heavy (non-hydrogen) atoms. The molecule has 1 atom stereocenters. The van der Waals surface area contributed by atoms with E-state index in [0.29, 0.717) is 11.5 Å². The Kier molecular flexibility index (Phi) is 3.71. The van der Waals surface area contributed by atoms with E-state index >= 15 is 0 Å². The van der Waals surface area contributed by atoms with E-state index in [9.17, 15) is 4.79 Å². The minimum absolute atomic E-state index is 0.234. The molecule has 78 valence electrons. The number of ether oxygens (including phenoxy) is 1. The molecule has 4 nitrogen and oxygen atoms in total. The van der Waals surface area contributed by atoms with E-state index in [1.165, 1.54) is 13.2 Å². The monoisotopic (exact) mass is 197 g/mol. The standard InChI is InChI=1S/C10H15NO3/c1-3-4-8(11)9-5-7(13-2)6-10(12)14-9/h5-6,8H,3-4,11H2,1-2H3/t8-/m0/s1. The summed E-state index contributed by atoms with van der Waals surface area (Å²) in [7, 11) is 1.50. The molecule has 0 aliphatic rings. The van der Waals surface area contributed by atoms with Crippen LogP contribution >= 0.6 is 0 Å². The molecule has 1 rings (SSSR count). The number of nitrogens with two attached hydrogens (primary N) is 1. The molecule has 0 radical (unpaired) electrons. The second kappa shape index (κ2) is 4.81. The van der Waals surface area contributed by atoms with Gasteiger partial charge in [-0.2, -0.15) is 0 Å². The molecule has 0 fully saturated rings. The highest BCUT2D eigenvalue weighted by Gasteiger charge is 2.09. The lowest BCUT2D eigenvalue weighted by Gasteiger charge is -2.09. The first-order valence-electron chi connectivity index (χ1n) is 4.62. The molecule has 1 aromatic heterocycles. The van der Waals surface area contributed by atoms with Crippen LogP contribution in [0.3, 0.4) is 0 Å². The Morgan fingerprint density at radius 3 is 2.86 bits per heavy atom. The zero-order valence-corrected chi connectivity index (χ0v) is 8.45. The second-order valence-electron chi connectivity index (χ2n) is 3.11. The molecular formula is C10H15NO3. The van der Waals surface area contributed by atoms with Crippen molar-refractivity contribution in [1.82, 2.24) is 0 Å². The van der Waals surface area contributed by atoms with E-state index in [1.807, 2.05) is 6.92 Å². The number of methoxy groups -OCH3 is 1. The SMILES string of the molecule is CCC[C@H](N)c1cc(OC)cc(=O)o1. The molecule has 0 aliphatic heterocycles. The lowest BCUT2D eigenvalue weighted by molar-refractivity contribution is 0.376. The van der Waals surface area contributed by atoms with Gasteiger partial charge in [-0.25, -0.2) is 4.79 Å². The number of hydrogen-bond donors (Lipinski definition) is 1. The maximum absolute atomic E-state index is 11.1. The van der Waals surface area contributed by atoms with Crippen molar-refractivity contribution < 1.29 is 9.15 Å². The van der Waals surface area contributed by atoms with E-state index in [0.717, 1.165) is 12.8 Å². The Hall–Kier alpha value is -1.29. The first-order valence-corrected chi connectivity index (χ1v) is 4.62. The van der Waals surface area contributed by atoms with Crippen LogP contribution in [0.1, 0.15) is 31.6 Å². The van der Waals surface area contributed by atoms with Gasteiger partial charge >= 0.3 is 5.63 Å². The van der Waals surface area contributed by atoms with Crippen molar-refractivity contribution in [3.8, 4) is 5.75 Å². The lowest BCUT2D eigenvalue weighted by atomic mass is 10.1. The Labute approximate surface area is 82.7 Å². The number of rotatable bonds is 4. The van der Waals surface area contributed by atoms with Gasteiger partial charge in [0, 0.05) is 6.07 Å². The highest BCUT2D eigenvalue weighted by atomic mass is 16.5. The normalized spacial score (nSPS) is 12.5. The van der Waals surface area contributed by atoms with Gasteiger partial charge in [0.25, 0.3) is 0 Å². The maximum Gasteiger partial charge on any atom is 0.339 e. The van der Waals surface area contributed by atoms with E-state index in [4.69, 9.17) is 14.9 Å². The molecule has 0 unspecified atom stereocenters. The minimum atomic E-state index is -0.425. The molecule has 0 aliphatic carbocycles. The van der Waals surface area contributed by atoms with Gasteiger partial charge in [-0.1, -0.05) is 13.3 Å². The largest absolute Gasteiger partial charge is 0.496 e. The van der Waals surface area contributed by atoms with Crippen molar-refractivity contribution in [3.63, 3.8) is 0 Å². The van der Waals surface area contributed by atoms with Crippen LogP contribution in [0.2, 0.25) is 0 Å². The van der Waals surface area contributed by atoms with Gasteiger partial charge in [0.15, 0.2) is 0 Å². The summed E-state index contributed by atoms with van der Waals surface area (Å²) in [6, 6.07) is 2.71. The maximum atomic E-state index is 11.1. The average Bonchev–Trinajstić information content (AvgIpc) is 2.17. The van der Waals surface area contributed by atoms with Crippen LogP contribution in [0.4, 0.5) is 0 Å². The Morgan fingerprint density at radius 2 is 2.29 bits per heavy atom. The van der Waals surface area contributed by atoms with Gasteiger partial charge < -0.3 is 14.9 Å². The van der Waals surface area contributed by atoms with Crippen LogP contribution in [0.5, 0.6) is 5.75 Å². The van der Waals surface area contributed by atoms with E-state index in [-0.39, 0.29) is 6.04 Å². The highest BCUT2D eigenvalue weighted by molar-refractivity contribution is 5.21. The fraction of sp³-hybridized carbons (Fsp3) is 0.500. The summed E-state index contributed by atoms with van der Waals surface area (Å²) in [4.78, 5) is 11.1. The Bertz CT molecular complexity index is 345. The Balaban J connectivity index is 2.96. The van der Waals surface area contributed by atoms with Gasteiger partial charge in [0.2, 0.25) is 0 Å². The van der Waals surface area contributed by atoms with E-state index in [1.54, 1.807) is 6.07 Å². The van der Waals surface area contributed by atoms with E-state index < -0.39 is 5.63 Å². The zero-order chi connectivity index (χ0) is 10.6. The van der Waals surface area contributed by atoms with Gasteiger partial charge in [0.1, 0.15) is 11.5 Å². The Morgan fingerprint density at radius 1 is 1.57 bits per heavy atom. The van der Waals surface area contributed by atoms with Crippen LogP contribution in [-0.4, -0.2) is 7.11 Å². The van der Waals surface area contributed by atoms with E-state index in [2.05, 4.69) is 0 Å². The van der Waals surface area contributed by atoms with Crippen molar-refractivity contribution in [2.24, 2.45) is 5.73 Å². The lowest BCUT2D eigenvalue weighted by Crippen LogP contribution is -2.12. The molecule has 0 saturated carbocycles. The minimum Gasteiger partial charge on any atom is -0.496 e. The predicted octanol–water partition coefficient (Wildman–Crippen LogP) is 1.45. The molecule has 0 bridgehead atoms. The summed E-state index contributed by atoms with van der Waals surface area (Å²) >= 11 is 0. The molecule has 4 heteroatoms. The average molecular weight is 197 g/mol. The molecule has 0 saturated heterocycles. The fourth-order valence-electron chi connectivity index (χ4n) is 1.23. The van der Waals surface area contributed by atoms with Crippen LogP contribution in [-0.2, 0) is 0 Å². The van der Waals surface area contributed by atoms with Crippen molar-refractivity contribution in [2.75, 3.05) is 7.11 Å². The van der Waals surface area contributed by atoms with Crippen LogP contribution < -0.4 is 16.1 Å². The smallest absolute Gasteiger partial charge is 0.339 e. The van der Waals surface area contributed by atoms with Crippen LogP contribution in [0.15, 0.2) is 21.3 Å². The zero-order valence-electron chi connectivity index (χ0n) is 8.45. The van der Waals surface area contributed by atoms with Crippen molar-refractivity contribution in [1.29, 1.82) is 0 Å². The summed E-state index contributed by atoms with van der Waals surface area (Å²) in [6.07, 6.45) is 1.73. The molecule has 0 spiro atoms. The molecule has 2 N–H and O–H groups in total. The first kappa shape index (κ1) is 10.8. The number of hydrogen-bond acceptors (Lipinski definition) is 4. The van der Waals surface area contributed by atoms with Gasteiger partial charge in [-0.15, -0.1) is 0 Å². The molecule has 1 aromatic rings. The molecule has 0 amide bonds. The molecule has 1 heterocycles. The molecule has 0 aromatic carbocycles. The first-order chi connectivity index (χ1) is 6.67. The topological polar surface area (TPSA) is 65.5 Å². The quantitative estimate of drug-likeness (QED) is 0.793. The summed E-state index contributed by atoms with van der Waals surface area (Å²) in [5.74, 6) is 0.971. The second-order valence-corrected chi connectivity index (χ2v) is 3.11. The summed E-state index contributed by atoms with van der Waals surface area (Å²) < 4.78 is 9.92. The van der Waals surface area contributed by atoms with Gasteiger partial charge in [-0.3, -0.25) is 0 Å². The highest BCUT2D eigenvalue weighted by Crippen LogP contribution is 2.18. The third kappa shape index (κ3) is 2.60. The van der Waals surface area contributed by atoms with Gasteiger partial charge in [-0.05, 0) is 6.42 Å². The third-order valence-electron chi connectivity index (χ3n) is 1.96. The van der Waals surface area contributed by atoms with Crippen LogP contribution in [0, 0.1) is 0 Å². The summed E-state index contributed by atoms with van der Waals surface area (Å²) in [5.41, 5.74) is 5.38. The summed E-state index contributed by atoms with van der Waals surface area (Å²) in [6.45, 7) is 2.03. The van der Waals surface area contributed by atoms with Crippen LogP contribution in [0.25, 0.3) is 0 Å². The van der Waals surface area contributed by atoms with Crippen molar-refractivity contribution in [2.45, 2.75) is 25.8 Å². The molecular weight excluding hydrogens is 182 g/mol. The fourth-order valence-corrected chi connectivity index (χ4v) is 1.23. The summed E-state index contributed by atoms with van der Waals surface area (Å²) in [5, 5.41) is 0.